The predicted octanol–water partition coefficient (Wildman–Crippen LogP) is 2.72. The minimum absolute atomic E-state index is 0.0324. The maximum absolute atomic E-state index is 12.2. The number of aromatic nitrogens is 2. The fraction of sp³-hybridized carbons (Fsp3) is 0.500. The molecule has 0 atom stereocenters. The summed E-state index contributed by atoms with van der Waals surface area (Å²) in [6.07, 6.45) is 7.55. The molecule has 0 saturated heterocycles. The van der Waals surface area contributed by atoms with E-state index in [0.29, 0.717) is 10.3 Å². The van der Waals surface area contributed by atoms with Crippen LogP contribution in [-0.4, -0.2) is 24.2 Å². The van der Waals surface area contributed by atoms with Crippen molar-refractivity contribution in [1.82, 2.24) is 14.5 Å². The Balaban J connectivity index is 1.59. The van der Waals surface area contributed by atoms with Gasteiger partial charge in [0.2, 0.25) is 10.0 Å². The van der Waals surface area contributed by atoms with Crippen LogP contribution < -0.4 is 4.72 Å². The normalized spacial score (nSPS) is 23.3. The van der Waals surface area contributed by atoms with Gasteiger partial charge in [-0.2, -0.15) is 5.10 Å². The van der Waals surface area contributed by atoms with Crippen LogP contribution in [0.2, 0.25) is 0 Å². The molecule has 2 aromatic heterocycles. The maximum atomic E-state index is 12.2. The van der Waals surface area contributed by atoms with Gasteiger partial charge < -0.3 is 0 Å². The molecule has 0 aliphatic heterocycles. The van der Waals surface area contributed by atoms with Crippen molar-refractivity contribution in [3.05, 3.63) is 35.5 Å². The summed E-state index contributed by atoms with van der Waals surface area (Å²) in [4.78, 5) is 0. The first-order chi connectivity index (χ1) is 10.0. The van der Waals surface area contributed by atoms with E-state index in [4.69, 9.17) is 0 Å². The number of aryl methyl sites for hydroxylation is 1. The average Bonchev–Trinajstić information content (AvgIpc) is 3.10. The molecular formula is C14H19N3O2S2. The molecule has 0 bridgehead atoms. The second-order valence-electron chi connectivity index (χ2n) is 5.56. The number of rotatable bonds is 4. The van der Waals surface area contributed by atoms with Gasteiger partial charge in [-0.25, -0.2) is 13.1 Å². The first-order valence-corrected chi connectivity index (χ1v) is 9.47. The molecule has 0 amide bonds. The zero-order valence-corrected chi connectivity index (χ0v) is 13.5. The zero-order valence-electron chi connectivity index (χ0n) is 11.9. The van der Waals surface area contributed by atoms with Gasteiger partial charge in [0.1, 0.15) is 4.21 Å². The Labute approximate surface area is 129 Å². The Morgan fingerprint density at radius 2 is 2.10 bits per heavy atom. The zero-order chi connectivity index (χ0) is 14.9. The fourth-order valence-electron chi connectivity index (χ4n) is 2.78. The Bertz CT molecular complexity index is 684. The largest absolute Gasteiger partial charge is 0.269 e. The third-order valence-corrected chi connectivity index (χ3v) is 6.80. The minimum atomic E-state index is -3.35. The van der Waals surface area contributed by atoms with Crippen molar-refractivity contribution in [3.8, 4) is 0 Å². The highest BCUT2D eigenvalue weighted by atomic mass is 32.2. The molecule has 0 spiro atoms. The smallest absolute Gasteiger partial charge is 0.250 e. The van der Waals surface area contributed by atoms with Crippen LogP contribution in [-0.2, 0) is 10.0 Å². The standard InChI is InChI=1S/C14H19N3O2S2/c1-11-9-15-17(10-11)13-6-4-12(5-7-13)16-21(18,19)14-3-2-8-20-14/h2-3,8-10,12-13,16H,4-7H2,1H3. The Kier molecular flexibility index (Phi) is 4.14. The summed E-state index contributed by atoms with van der Waals surface area (Å²) < 4.78 is 29.6. The van der Waals surface area contributed by atoms with E-state index < -0.39 is 10.0 Å². The van der Waals surface area contributed by atoms with Gasteiger partial charge in [0, 0.05) is 12.2 Å². The molecule has 21 heavy (non-hydrogen) atoms. The molecule has 5 nitrogen and oxygen atoms in total. The van der Waals surface area contributed by atoms with E-state index in [-0.39, 0.29) is 6.04 Å². The maximum Gasteiger partial charge on any atom is 0.250 e. The van der Waals surface area contributed by atoms with Crippen LogP contribution in [0.1, 0.15) is 37.3 Å². The quantitative estimate of drug-likeness (QED) is 0.940. The van der Waals surface area contributed by atoms with Gasteiger partial charge in [-0.3, -0.25) is 4.68 Å². The van der Waals surface area contributed by atoms with Crippen LogP contribution in [0.4, 0.5) is 0 Å². The molecular weight excluding hydrogens is 306 g/mol. The second kappa shape index (κ2) is 5.90. The Morgan fingerprint density at radius 1 is 1.33 bits per heavy atom. The number of hydrogen-bond acceptors (Lipinski definition) is 4. The lowest BCUT2D eigenvalue weighted by Crippen LogP contribution is -2.37. The molecule has 1 saturated carbocycles. The molecule has 0 aromatic carbocycles. The topological polar surface area (TPSA) is 64.0 Å². The number of thiophene rings is 1. The monoisotopic (exact) mass is 325 g/mol. The van der Waals surface area contributed by atoms with Crippen LogP contribution in [0, 0.1) is 6.92 Å². The van der Waals surface area contributed by atoms with E-state index in [1.165, 1.54) is 11.3 Å². The highest BCUT2D eigenvalue weighted by Gasteiger charge is 2.27. The summed E-state index contributed by atoms with van der Waals surface area (Å²) in [5.41, 5.74) is 1.16. The highest BCUT2D eigenvalue weighted by Crippen LogP contribution is 2.29. The van der Waals surface area contributed by atoms with Crippen molar-refractivity contribution in [2.24, 2.45) is 0 Å². The first-order valence-electron chi connectivity index (χ1n) is 7.11. The lowest BCUT2D eigenvalue weighted by atomic mass is 9.92. The van der Waals surface area contributed by atoms with E-state index in [0.717, 1.165) is 31.2 Å². The number of nitrogens with zero attached hydrogens (tertiary/aromatic N) is 2. The third kappa shape index (κ3) is 3.36. The molecule has 1 fully saturated rings. The average molecular weight is 325 g/mol. The lowest BCUT2D eigenvalue weighted by Gasteiger charge is -2.28. The summed E-state index contributed by atoms with van der Waals surface area (Å²) >= 11 is 1.25. The van der Waals surface area contributed by atoms with Crippen LogP contribution in [0.15, 0.2) is 34.1 Å². The van der Waals surface area contributed by atoms with Crippen molar-refractivity contribution in [1.29, 1.82) is 0 Å². The van der Waals surface area contributed by atoms with Gasteiger partial charge in [0.15, 0.2) is 0 Å². The van der Waals surface area contributed by atoms with Gasteiger partial charge in [-0.1, -0.05) is 6.07 Å². The minimum Gasteiger partial charge on any atom is -0.269 e. The summed E-state index contributed by atoms with van der Waals surface area (Å²) in [5, 5.41) is 6.14. The number of sulfonamides is 1. The molecule has 1 aliphatic rings. The van der Waals surface area contributed by atoms with Crippen molar-refractivity contribution < 1.29 is 8.42 Å². The second-order valence-corrected chi connectivity index (χ2v) is 8.45. The first kappa shape index (κ1) is 14.7. The van der Waals surface area contributed by atoms with E-state index >= 15 is 0 Å². The molecule has 0 radical (unpaired) electrons. The van der Waals surface area contributed by atoms with Gasteiger partial charge in [0.05, 0.1) is 12.2 Å². The van der Waals surface area contributed by atoms with Gasteiger partial charge in [0.25, 0.3) is 0 Å². The molecule has 3 rings (SSSR count). The lowest BCUT2D eigenvalue weighted by molar-refractivity contribution is 0.293. The van der Waals surface area contributed by atoms with Crippen LogP contribution >= 0.6 is 11.3 Å². The Hall–Kier alpha value is -1.18. The Morgan fingerprint density at radius 3 is 2.67 bits per heavy atom. The highest BCUT2D eigenvalue weighted by molar-refractivity contribution is 7.91. The molecule has 0 unspecified atom stereocenters. The summed E-state index contributed by atoms with van der Waals surface area (Å²) in [7, 11) is -3.35. The molecule has 2 aromatic rings. The fourth-order valence-corrected chi connectivity index (χ4v) is 5.10. The van der Waals surface area contributed by atoms with Crippen molar-refractivity contribution in [2.75, 3.05) is 0 Å². The van der Waals surface area contributed by atoms with E-state index in [1.54, 1.807) is 17.5 Å². The van der Waals surface area contributed by atoms with Crippen LogP contribution in [0.5, 0.6) is 0 Å². The summed E-state index contributed by atoms with van der Waals surface area (Å²) in [6.45, 7) is 2.03. The number of hydrogen-bond donors (Lipinski definition) is 1. The third-order valence-electron chi connectivity index (χ3n) is 3.88. The van der Waals surface area contributed by atoms with Crippen LogP contribution in [0.25, 0.3) is 0 Å². The van der Waals surface area contributed by atoms with Crippen LogP contribution in [0.3, 0.4) is 0 Å². The van der Waals surface area contributed by atoms with E-state index in [2.05, 4.69) is 16.0 Å². The molecule has 1 N–H and O–H groups in total. The van der Waals surface area contributed by atoms with Crippen molar-refractivity contribution in [2.45, 2.75) is 48.9 Å². The predicted molar refractivity (Wildman–Crippen MR) is 82.9 cm³/mol. The van der Waals surface area contributed by atoms with Crippen molar-refractivity contribution >= 4 is 21.4 Å². The molecule has 2 heterocycles. The summed E-state index contributed by atoms with van der Waals surface area (Å²) in [5.74, 6) is 0. The molecule has 1 aliphatic carbocycles. The van der Waals surface area contributed by atoms with E-state index in [1.807, 2.05) is 17.8 Å². The number of nitrogens with one attached hydrogen (secondary N) is 1. The van der Waals surface area contributed by atoms with E-state index in [9.17, 15) is 8.42 Å². The van der Waals surface area contributed by atoms with Gasteiger partial charge >= 0.3 is 0 Å². The van der Waals surface area contributed by atoms with Gasteiger partial charge in [-0.15, -0.1) is 11.3 Å². The molecule has 114 valence electrons. The molecule has 7 heteroatoms. The van der Waals surface area contributed by atoms with Crippen molar-refractivity contribution in [3.63, 3.8) is 0 Å². The van der Waals surface area contributed by atoms with Gasteiger partial charge in [-0.05, 0) is 49.6 Å². The summed E-state index contributed by atoms with van der Waals surface area (Å²) in [6, 6.07) is 3.83. The SMILES string of the molecule is Cc1cnn(C2CCC(NS(=O)(=O)c3cccs3)CC2)c1.